The Kier molecular flexibility index (Phi) is 3.49. The fraction of sp³-hybridized carbons (Fsp3) is 0.538. The fourth-order valence-corrected chi connectivity index (χ4v) is 3.75. The van der Waals surface area contributed by atoms with Crippen LogP contribution in [0.1, 0.15) is 31.7 Å². The van der Waals surface area contributed by atoms with E-state index in [1.54, 1.807) is 24.3 Å². The van der Waals surface area contributed by atoms with Crippen molar-refractivity contribution in [2.24, 2.45) is 5.73 Å². The van der Waals surface area contributed by atoms with Gasteiger partial charge in [0.1, 0.15) is 0 Å². The molecular formula is C13H20N2O2S. The lowest BCUT2D eigenvalue weighted by Gasteiger charge is -2.27. The van der Waals surface area contributed by atoms with Crippen LogP contribution in [0.4, 0.5) is 0 Å². The van der Waals surface area contributed by atoms with Crippen LogP contribution in [0, 0.1) is 6.92 Å². The normalized spacial score (nSPS) is 28.5. The molecule has 0 spiro atoms. The largest absolute Gasteiger partial charge is 0.324 e. The van der Waals surface area contributed by atoms with Crippen molar-refractivity contribution in [1.82, 2.24) is 4.72 Å². The lowest BCUT2D eigenvalue weighted by molar-refractivity contribution is 0.400. The van der Waals surface area contributed by atoms with E-state index in [9.17, 15) is 8.42 Å². The van der Waals surface area contributed by atoms with Crippen molar-refractivity contribution in [2.75, 3.05) is 0 Å². The van der Waals surface area contributed by atoms with Gasteiger partial charge in [0.05, 0.1) is 4.90 Å². The number of nitrogens with one attached hydrogen (secondary N) is 1. The van der Waals surface area contributed by atoms with Crippen LogP contribution in [-0.2, 0) is 10.0 Å². The minimum atomic E-state index is -3.46. The first-order chi connectivity index (χ1) is 8.31. The number of sulfonamides is 1. The third-order valence-corrected chi connectivity index (χ3v) is 5.12. The maximum atomic E-state index is 12.2. The molecule has 1 aliphatic carbocycles. The molecule has 2 rings (SSSR count). The molecule has 0 unspecified atom stereocenters. The lowest BCUT2D eigenvalue weighted by atomic mass is 9.98. The van der Waals surface area contributed by atoms with Gasteiger partial charge in [-0.25, -0.2) is 13.1 Å². The van der Waals surface area contributed by atoms with E-state index in [0.717, 1.165) is 24.8 Å². The van der Waals surface area contributed by atoms with Gasteiger partial charge in [0.25, 0.3) is 0 Å². The van der Waals surface area contributed by atoms with Crippen molar-refractivity contribution < 1.29 is 8.42 Å². The van der Waals surface area contributed by atoms with Gasteiger partial charge in [0.2, 0.25) is 10.0 Å². The van der Waals surface area contributed by atoms with Gasteiger partial charge in [-0.05, 0) is 45.2 Å². The van der Waals surface area contributed by atoms with Gasteiger partial charge in [-0.15, -0.1) is 0 Å². The Morgan fingerprint density at radius 2 is 1.94 bits per heavy atom. The Hall–Kier alpha value is -0.910. The van der Waals surface area contributed by atoms with Crippen molar-refractivity contribution in [3.63, 3.8) is 0 Å². The van der Waals surface area contributed by atoms with Gasteiger partial charge >= 0.3 is 0 Å². The molecule has 2 atom stereocenters. The van der Waals surface area contributed by atoms with Gasteiger partial charge in [-0.2, -0.15) is 0 Å². The van der Waals surface area contributed by atoms with Gasteiger partial charge in [-0.1, -0.05) is 17.7 Å². The van der Waals surface area contributed by atoms with E-state index in [-0.39, 0.29) is 6.04 Å². The lowest BCUT2D eigenvalue weighted by Crippen LogP contribution is -2.52. The van der Waals surface area contributed by atoms with Gasteiger partial charge < -0.3 is 5.73 Å². The second-order valence-corrected chi connectivity index (χ2v) is 7.10. The van der Waals surface area contributed by atoms with E-state index >= 15 is 0 Å². The van der Waals surface area contributed by atoms with Gasteiger partial charge in [0.15, 0.2) is 0 Å². The number of benzene rings is 1. The highest BCUT2D eigenvalue weighted by Crippen LogP contribution is 2.28. The first-order valence-electron chi connectivity index (χ1n) is 6.19. The first kappa shape index (κ1) is 13.5. The number of nitrogens with two attached hydrogens (primary N) is 1. The minimum absolute atomic E-state index is 0.177. The molecule has 0 saturated heterocycles. The smallest absolute Gasteiger partial charge is 0.240 e. The molecule has 1 aromatic carbocycles. The van der Waals surface area contributed by atoms with E-state index in [1.165, 1.54) is 0 Å². The maximum Gasteiger partial charge on any atom is 0.240 e. The van der Waals surface area contributed by atoms with Crippen LogP contribution in [0.15, 0.2) is 29.2 Å². The van der Waals surface area contributed by atoms with E-state index < -0.39 is 15.6 Å². The second-order valence-electron chi connectivity index (χ2n) is 5.38. The Morgan fingerprint density at radius 3 is 2.44 bits per heavy atom. The SMILES string of the molecule is Cc1ccc(S(=O)(=O)N[C@H]2CCC[C@]2(C)N)cc1. The van der Waals surface area contributed by atoms with Crippen LogP contribution >= 0.6 is 0 Å². The Bertz CT molecular complexity index is 520. The average molecular weight is 268 g/mol. The van der Waals surface area contributed by atoms with E-state index in [2.05, 4.69) is 4.72 Å². The third kappa shape index (κ3) is 2.74. The molecule has 1 aliphatic rings. The van der Waals surface area contributed by atoms with Crippen LogP contribution in [-0.4, -0.2) is 20.0 Å². The van der Waals surface area contributed by atoms with Crippen LogP contribution in [0.3, 0.4) is 0 Å². The van der Waals surface area contributed by atoms with E-state index in [0.29, 0.717) is 4.90 Å². The summed E-state index contributed by atoms with van der Waals surface area (Å²) in [7, 11) is -3.46. The topological polar surface area (TPSA) is 72.2 Å². The van der Waals surface area contributed by atoms with Crippen molar-refractivity contribution in [3.8, 4) is 0 Å². The third-order valence-electron chi connectivity index (χ3n) is 3.63. The van der Waals surface area contributed by atoms with Gasteiger partial charge in [0, 0.05) is 11.6 Å². The zero-order valence-electron chi connectivity index (χ0n) is 10.8. The first-order valence-corrected chi connectivity index (χ1v) is 7.67. The van der Waals surface area contributed by atoms with Crippen molar-refractivity contribution in [2.45, 2.75) is 49.6 Å². The molecule has 0 radical (unpaired) electrons. The maximum absolute atomic E-state index is 12.2. The van der Waals surface area contributed by atoms with Gasteiger partial charge in [-0.3, -0.25) is 0 Å². The molecule has 0 amide bonds. The summed E-state index contributed by atoms with van der Waals surface area (Å²) in [6, 6.07) is 6.67. The molecule has 3 N–H and O–H groups in total. The fourth-order valence-electron chi connectivity index (χ4n) is 2.36. The standard InChI is InChI=1S/C13H20N2O2S/c1-10-5-7-11(8-6-10)18(16,17)15-12-4-3-9-13(12,2)14/h5-8,12,15H,3-4,9,14H2,1-2H3/t12-,13-/m0/s1. The molecule has 1 saturated carbocycles. The van der Waals surface area contributed by atoms with E-state index in [4.69, 9.17) is 5.73 Å². The summed E-state index contributed by atoms with van der Waals surface area (Å²) in [5.41, 5.74) is 6.70. The van der Waals surface area contributed by atoms with Crippen LogP contribution in [0.5, 0.6) is 0 Å². The predicted octanol–water partition coefficient (Wildman–Crippen LogP) is 1.54. The second kappa shape index (κ2) is 4.64. The molecule has 0 aliphatic heterocycles. The highest BCUT2D eigenvalue weighted by atomic mass is 32.2. The Balaban J connectivity index is 2.20. The van der Waals surface area contributed by atoms with Crippen LogP contribution in [0.2, 0.25) is 0 Å². The molecule has 100 valence electrons. The van der Waals surface area contributed by atoms with Crippen molar-refractivity contribution in [1.29, 1.82) is 0 Å². The monoisotopic (exact) mass is 268 g/mol. The zero-order valence-corrected chi connectivity index (χ0v) is 11.6. The molecule has 1 aromatic rings. The summed E-state index contributed by atoms with van der Waals surface area (Å²) in [6.07, 6.45) is 2.63. The zero-order chi connectivity index (χ0) is 13.4. The summed E-state index contributed by atoms with van der Waals surface area (Å²) in [5, 5.41) is 0. The Labute approximate surface area is 109 Å². The van der Waals surface area contributed by atoms with Crippen LogP contribution < -0.4 is 10.5 Å². The molecule has 1 fully saturated rings. The number of aryl methyl sites for hydroxylation is 1. The molecule has 0 bridgehead atoms. The van der Waals surface area contributed by atoms with E-state index in [1.807, 2.05) is 13.8 Å². The Morgan fingerprint density at radius 1 is 1.33 bits per heavy atom. The summed E-state index contributed by atoms with van der Waals surface area (Å²) in [4.78, 5) is 0.302. The highest BCUT2D eigenvalue weighted by Gasteiger charge is 2.37. The average Bonchev–Trinajstić information content (AvgIpc) is 2.58. The summed E-state index contributed by atoms with van der Waals surface area (Å²) in [6.45, 7) is 3.83. The quantitative estimate of drug-likeness (QED) is 0.873. The number of hydrogen-bond donors (Lipinski definition) is 2. The molecule has 0 aromatic heterocycles. The van der Waals surface area contributed by atoms with Crippen molar-refractivity contribution in [3.05, 3.63) is 29.8 Å². The molecule has 4 nitrogen and oxygen atoms in total. The summed E-state index contributed by atoms with van der Waals surface area (Å²) >= 11 is 0. The predicted molar refractivity (Wildman–Crippen MR) is 71.7 cm³/mol. The highest BCUT2D eigenvalue weighted by molar-refractivity contribution is 7.89. The summed E-state index contributed by atoms with van der Waals surface area (Å²) in [5.74, 6) is 0. The van der Waals surface area contributed by atoms with Crippen LogP contribution in [0.25, 0.3) is 0 Å². The molecular weight excluding hydrogens is 248 g/mol. The van der Waals surface area contributed by atoms with Crippen molar-refractivity contribution >= 4 is 10.0 Å². The number of rotatable bonds is 3. The molecule has 5 heteroatoms. The number of hydrogen-bond acceptors (Lipinski definition) is 3. The minimum Gasteiger partial charge on any atom is -0.324 e. The molecule has 18 heavy (non-hydrogen) atoms. The summed E-state index contributed by atoms with van der Waals surface area (Å²) < 4.78 is 27.2. The molecule has 0 heterocycles.